The Bertz CT molecular complexity index is 700. The molecule has 0 bridgehead atoms. The molecule has 1 aromatic heterocycles. The lowest BCUT2D eigenvalue weighted by atomic mass is 10.2. The molecular weight excluding hydrogens is 272 g/mol. The van der Waals surface area contributed by atoms with Crippen molar-refractivity contribution < 1.29 is 9.13 Å². The number of fused-ring (bicyclic) bond motifs is 1. The molecule has 5 nitrogen and oxygen atoms in total. The van der Waals surface area contributed by atoms with Gasteiger partial charge in [0.1, 0.15) is 10.3 Å². The van der Waals surface area contributed by atoms with Crippen molar-refractivity contribution in [1.29, 1.82) is 5.26 Å². The molecule has 0 radical (unpaired) electrons. The van der Waals surface area contributed by atoms with Crippen LogP contribution in [0.1, 0.15) is 12.5 Å². The number of hydrogen-bond acceptors (Lipinski definition) is 5. The summed E-state index contributed by atoms with van der Waals surface area (Å²) in [5, 5.41) is 20.4. The predicted octanol–water partition coefficient (Wildman–Crippen LogP) is 2.81. The minimum atomic E-state index is -1.23. The van der Waals surface area contributed by atoms with Gasteiger partial charge in [-0.2, -0.15) is 5.26 Å². The van der Waals surface area contributed by atoms with E-state index in [2.05, 4.69) is 0 Å². The quantitative estimate of drug-likeness (QED) is 0.639. The van der Waals surface area contributed by atoms with Gasteiger partial charge in [-0.25, -0.2) is 0 Å². The van der Waals surface area contributed by atoms with Crippen LogP contribution in [0.2, 0.25) is 0 Å². The Labute approximate surface area is 109 Å². The average molecular weight is 280 g/mol. The van der Waals surface area contributed by atoms with E-state index >= 15 is 0 Å². The van der Waals surface area contributed by atoms with Crippen LogP contribution in [0.15, 0.2) is 22.4 Å². The number of nitriles is 1. The van der Waals surface area contributed by atoms with Crippen LogP contribution in [0.5, 0.6) is 0 Å². The second-order valence-corrected chi connectivity index (χ2v) is 6.44. The van der Waals surface area contributed by atoms with E-state index in [0.29, 0.717) is 25.6 Å². The number of nitrogens with zero attached hydrogens (tertiary/aromatic N) is 2. The normalized spacial score (nSPS) is 12.2. The molecule has 0 aliphatic rings. The summed E-state index contributed by atoms with van der Waals surface area (Å²) in [6.45, 7) is 1.77. The molecule has 1 heterocycles. The number of thiophene rings is 1. The van der Waals surface area contributed by atoms with Crippen molar-refractivity contribution in [1.82, 2.24) is 0 Å². The van der Waals surface area contributed by atoms with Crippen LogP contribution in [0.3, 0.4) is 0 Å². The first-order valence-corrected chi connectivity index (χ1v) is 7.21. The molecule has 0 aliphatic carbocycles. The van der Waals surface area contributed by atoms with Crippen molar-refractivity contribution in [2.75, 3.05) is 5.75 Å². The first-order valence-electron chi connectivity index (χ1n) is 5.08. The maximum absolute atomic E-state index is 11.8. The predicted molar refractivity (Wildman–Crippen MR) is 70.1 cm³/mol. The number of benzene rings is 1. The van der Waals surface area contributed by atoms with E-state index in [-0.39, 0.29) is 5.69 Å². The lowest BCUT2D eigenvalue weighted by Gasteiger charge is -1.93. The third kappa shape index (κ3) is 2.00. The van der Waals surface area contributed by atoms with Gasteiger partial charge in [-0.3, -0.25) is 14.3 Å². The summed E-state index contributed by atoms with van der Waals surface area (Å²) in [6, 6.07) is 6.34. The standard InChI is InChI=1S/C11H8N2O3S2/c1-2-18(16)11-9(6-12)8-4-3-7(13(14)15)5-10(8)17-11/h3-5H,2H2,1H3. The lowest BCUT2D eigenvalue weighted by molar-refractivity contribution is -0.384. The van der Waals surface area contributed by atoms with Gasteiger partial charge in [-0.05, 0) is 6.07 Å². The van der Waals surface area contributed by atoms with Crippen LogP contribution in [0.4, 0.5) is 5.69 Å². The summed E-state index contributed by atoms with van der Waals surface area (Å²) in [4.78, 5) is 10.2. The molecule has 92 valence electrons. The van der Waals surface area contributed by atoms with E-state index < -0.39 is 15.7 Å². The topological polar surface area (TPSA) is 84.0 Å². The highest BCUT2D eigenvalue weighted by atomic mass is 32.2. The van der Waals surface area contributed by atoms with Crippen molar-refractivity contribution in [3.8, 4) is 6.07 Å². The number of nitro groups is 1. The lowest BCUT2D eigenvalue weighted by Crippen LogP contribution is -1.92. The Balaban J connectivity index is 2.73. The molecule has 0 saturated carbocycles. The molecule has 0 N–H and O–H groups in total. The van der Waals surface area contributed by atoms with E-state index in [4.69, 9.17) is 5.26 Å². The van der Waals surface area contributed by atoms with E-state index in [9.17, 15) is 14.3 Å². The molecule has 0 fully saturated rings. The minimum absolute atomic E-state index is 0.0259. The highest BCUT2D eigenvalue weighted by molar-refractivity contribution is 7.87. The van der Waals surface area contributed by atoms with Gasteiger partial charge in [0.05, 0.1) is 21.3 Å². The average Bonchev–Trinajstić information content (AvgIpc) is 2.74. The molecule has 2 rings (SSSR count). The molecule has 18 heavy (non-hydrogen) atoms. The van der Waals surface area contributed by atoms with Gasteiger partial charge >= 0.3 is 0 Å². The number of rotatable bonds is 3. The Hall–Kier alpha value is -1.78. The van der Waals surface area contributed by atoms with Crippen LogP contribution in [0, 0.1) is 21.4 Å². The second kappa shape index (κ2) is 4.84. The van der Waals surface area contributed by atoms with Crippen molar-refractivity contribution >= 4 is 37.9 Å². The fraction of sp³-hybridized carbons (Fsp3) is 0.182. The summed E-state index contributed by atoms with van der Waals surface area (Å²) in [7, 11) is -1.23. The van der Waals surface area contributed by atoms with Gasteiger partial charge in [-0.15, -0.1) is 11.3 Å². The molecule has 1 aromatic carbocycles. The monoisotopic (exact) mass is 280 g/mol. The Morgan fingerprint density at radius 3 is 2.83 bits per heavy atom. The second-order valence-electron chi connectivity index (χ2n) is 3.45. The van der Waals surface area contributed by atoms with E-state index in [1.165, 1.54) is 23.5 Å². The van der Waals surface area contributed by atoms with Gasteiger partial charge in [0.2, 0.25) is 0 Å². The molecule has 0 aliphatic heterocycles. The molecular formula is C11H8N2O3S2. The van der Waals surface area contributed by atoms with Gasteiger partial charge in [0.25, 0.3) is 5.69 Å². The van der Waals surface area contributed by atoms with Crippen LogP contribution in [-0.4, -0.2) is 14.9 Å². The smallest absolute Gasteiger partial charge is 0.258 e. The van der Waals surface area contributed by atoms with Gasteiger partial charge in [0, 0.05) is 28.0 Å². The summed E-state index contributed by atoms with van der Waals surface area (Å²) < 4.78 is 12.9. The molecule has 1 unspecified atom stereocenters. The minimum Gasteiger partial charge on any atom is -0.258 e. The summed E-state index contributed by atoms with van der Waals surface area (Å²) in [5.74, 6) is 0.420. The summed E-state index contributed by atoms with van der Waals surface area (Å²) in [5.41, 5.74) is 0.340. The Morgan fingerprint density at radius 1 is 1.56 bits per heavy atom. The summed E-state index contributed by atoms with van der Waals surface area (Å²) in [6.07, 6.45) is 0. The highest BCUT2D eigenvalue weighted by Crippen LogP contribution is 2.35. The molecule has 2 aromatic rings. The molecule has 0 spiro atoms. The van der Waals surface area contributed by atoms with Gasteiger partial charge in [0.15, 0.2) is 0 Å². The zero-order chi connectivity index (χ0) is 13.3. The first kappa shape index (κ1) is 12.7. The Kier molecular flexibility index (Phi) is 3.41. The van der Waals surface area contributed by atoms with E-state index in [1.54, 1.807) is 13.0 Å². The first-order chi connectivity index (χ1) is 8.58. The van der Waals surface area contributed by atoms with Gasteiger partial charge in [-0.1, -0.05) is 6.92 Å². The SMILES string of the molecule is CCS(=O)c1sc2cc([N+](=O)[O-])ccc2c1C#N. The fourth-order valence-electron chi connectivity index (χ4n) is 1.57. The third-order valence-electron chi connectivity index (χ3n) is 2.43. The van der Waals surface area contributed by atoms with Crippen LogP contribution in [-0.2, 0) is 10.8 Å². The van der Waals surface area contributed by atoms with Gasteiger partial charge < -0.3 is 0 Å². The third-order valence-corrected chi connectivity index (χ3v) is 5.33. The summed E-state index contributed by atoms with van der Waals surface area (Å²) >= 11 is 1.19. The zero-order valence-corrected chi connectivity index (χ0v) is 11.0. The van der Waals surface area contributed by atoms with Crippen LogP contribution < -0.4 is 0 Å². The zero-order valence-electron chi connectivity index (χ0n) is 9.37. The number of non-ortho nitro benzene ring substituents is 1. The maximum Gasteiger partial charge on any atom is 0.270 e. The largest absolute Gasteiger partial charge is 0.270 e. The Morgan fingerprint density at radius 2 is 2.28 bits per heavy atom. The van der Waals surface area contributed by atoms with Crippen molar-refractivity contribution in [3.63, 3.8) is 0 Å². The van der Waals surface area contributed by atoms with Crippen LogP contribution >= 0.6 is 11.3 Å². The maximum atomic E-state index is 11.8. The van der Waals surface area contributed by atoms with E-state index in [1.807, 2.05) is 6.07 Å². The number of nitro benzene ring substituents is 1. The molecule has 7 heteroatoms. The van der Waals surface area contributed by atoms with E-state index in [0.717, 1.165) is 0 Å². The highest BCUT2D eigenvalue weighted by Gasteiger charge is 2.18. The molecule has 1 atom stereocenters. The van der Waals surface area contributed by atoms with Crippen molar-refractivity contribution in [2.45, 2.75) is 11.1 Å². The molecule has 0 amide bonds. The fourth-order valence-corrected chi connectivity index (χ4v) is 4.13. The van der Waals surface area contributed by atoms with Crippen LogP contribution in [0.25, 0.3) is 10.1 Å². The van der Waals surface area contributed by atoms with Crippen molar-refractivity contribution in [2.24, 2.45) is 0 Å². The molecule has 0 saturated heterocycles. The number of hydrogen-bond donors (Lipinski definition) is 0. The van der Waals surface area contributed by atoms with Crippen molar-refractivity contribution in [3.05, 3.63) is 33.9 Å².